The molecule has 202 valence electrons. The van der Waals surface area contributed by atoms with E-state index in [9.17, 15) is 14.9 Å². The molecular weight excluding hydrogens is 490 g/mol. The lowest BCUT2D eigenvalue weighted by atomic mass is 9.52. The van der Waals surface area contributed by atoms with Gasteiger partial charge in [0.15, 0.2) is 0 Å². The van der Waals surface area contributed by atoms with E-state index in [1.807, 2.05) is 31.2 Å². The third-order valence-corrected chi connectivity index (χ3v) is 9.13. The molecular formula is C32H35N3O4. The SMILES string of the molecule is CCOc1ccc(CNC(=O)c2cc([N+](=O)[O-])ccc2-c2cccc3c2C[C@H]2NCC[C@@]34CCCC[C@@H]24)cc1. The Hall–Kier alpha value is -3.71. The highest BCUT2D eigenvalue weighted by atomic mass is 16.6. The summed E-state index contributed by atoms with van der Waals surface area (Å²) < 4.78 is 5.51. The summed E-state index contributed by atoms with van der Waals surface area (Å²) in [5.74, 6) is 1.11. The first-order valence-electron chi connectivity index (χ1n) is 14.1. The van der Waals surface area contributed by atoms with Gasteiger partial charge in [-0.05, 0) is 91.1 Å². The Morgan fingerprint density at radius 1 is 1.10 bits per heavy atom. The van der Waals surface area contributed by atoms with E-state index in [-0.39, 0.29) is 17.0 Å². The number of nitro groups is 1. The molecule has 3 aromatic carbocycles. The Morgan fingerprint density at radius 2 is 1.95 bits per heavy atom. The minimum atomic E-state index is -0.437. The van der Waals surface area contributed by atoms with Crippen LogP contribution < -0.4 is 15.4 Å². The van der Waals surface area contributed by atoms with Crippen LogP contribution in [0.2, 0.25) is 0 Å². The fourth-order valence-electron chi connectivity index (χ4n) is 7.43. The van der Waals surface area contributed by atoms with Gasteiger partial charge >= 0.3 is 0 Å². The third kappa shape index (κ3) is 4.59. The number of carbonyl (C=O) groups excluding carboxylic acids is 1. The van der Waals surface area contributed by atoms with Crippen molar-refractivity contribution in [2.24, 2.45) is 5.92 Å². The molecule has 2 fully saturated rings. The van der Waals surface area contributed by atoms with Gasteiger partial charge in [-0.3, -0.25) is 14.9 Å². The molecule has 3 aromatic rings. The van der Waals surface area contributed by atoms with Gasteiger partial charge in [-0.2, -0.15) is 0 Å². The summed E-state index contributed by atoms with van der Waals surface area (Å²) in [5, 5.41) is 18.5. The van der Waals surface area contributed by atoms with Crippen LogP contribution >= 0.6 is 0 Å². The Balaban J connectivity index is 1.37. The van der Waals surface area contributed by atoms with Crippen molar-refractivity contribution in [2.45, 2.75) is 63.5 Å². The lowest BCUT2D eigenvalue weighted by Gasteiger charge is -2.56. The predicted molar refractivity (Wildman–Crippen MR) is 151 cm³/mol. The number of non-ortho nitro benzene ring substituents is 1. The Labute approximate surface area is 229 Å². The van der Waals surface area contributed by atoms with Gasteiger partial charge in [0.05, 0.1) is 17.1 Å². The van der Waals surface area contributed by atoms with Crippen molar-refractivity contribution in [3.05, 3.63) is 93.0 Å². The average Bonchev–Trinajstić information content (AvgIpc) is 2.96. The van der Waals surface area contributed by atoms with Crippen LogP contribution in [-0.4, -0.2) is 30.0 Å². The smallest absolute Gasteiger partial charge is 0.270 e. The molecule has 1 aliphatic heterocycles. The van der Waals surface area contributed by atoms with Crippen molar-refractivity contribution >= 4 is 11.6 Å². The van der Waals surface area contributed by atoms with E-state index in [1.54, 1.807) is 6.07 Å². The van der Waals surface area contributed by atoms with Crippen LogP contribution in [0.5, 0.6) is 5.75 Å². The molecule has 0 aromatic heterocycles. The van der Waals surface area contributed by atoms with Crippen LogP contribution in [0.15, 0.2) is 60.7 Å². The van der Waals surface area contributed by atoms with E-state index in [2.05, 4.69) is 28.8 Å². The number of nitro benzene ring substituents is 1. The quantitative estimate of drug-likeness (QED) is 0.294. The number of nitrogens with one attached hydrogen (secondary N) is 2. The lowest BCUT2D eigenvalue weighted by Crippen LogP contribution is -2.59. The first-order valence-corrected chi connectivity index (χ1v) is 14.1. The number of hydrogen-bond acceptors (Lipinski definition) is 5. The zero-order chi connectivity index (χ0) is 27.0. The van der Waals surface area contributed by atoms with E-state index < -0.39 is 4.92 Å². The van der Waals surface area contributed by atoms with Gasteiger partial charge in [-0.1, -0.05) is 43.2 Å². The summed E-state index contributed by atoms with van der Waals surface area (Å²) in [5.41, 5.74) is 5.87. The van der Waals surface area contributed by atoms with E-state index in [1.165, 1.54) is 48.9 Å². The normalized spacial score (nSPS) is 23.3. The fourth-order valence-corrected chi connectivity index (χ4v) is 7.43. The number of fused-ring (bicyclic) bond motifs is 1. The molecule has 2 N–H and O–H groups in total. The zero-order valence-electron chi connectivity index (χ0n) is 22.4. The molecule has 2 bridgehead atoms. The number of benzene rings is 3. The van der Waals surface area contributed by atoms with Crippen molar-refractivity contribution < 1.29 is 14.5 Å². The minimum Gasteiger partial charge on any atom is -0.494 e. The Kier molecular flexibility index (Phi) is 6.85. The molecule has 7 heteroatoms. The van der Waals surface area contributed by atoms with E-state index in [0.717, 1.165) is 41.8 Å². The fraction of sp³-hybridized carbons (Fsp3) is 0.406. The number of amides is 1. The summed E-state index contributed by atoms with van der Waals surface area (Å²) in [6.07, 6.45) is 7.08. The number of hydrogen-bond donors (Lipinski definition) is 2. The molecule has 7 nitrogen and oxygen atoms in total. The Bertz CT molecular complexity index is 1400. The molecule has 3 atom stereocenters. The second-order valence-electron chi connectivity index (χ2n) is 11.1. The minimum absolute atomic E-state index is 0.0840. The maximum Gasteiger partial charge on any atom is 0.270 e. The molecule has 3 aliphatic rings. The monoisotopic (exact) mass is 525 g/mol. The van der Waals surface area contributed by atoms with Crippen LogP contribution in [0.1, 0.15) is 66.1 Å². The molecule has 0 unspecified atom stereocenters. The van der Waals surface area contributed by atoms with Gasteiger partial charge in [0, 0.05) is 30.1 Å². The molecule has 6 rings (SSSR count). The zero-order valence-corrected chi connectivity index (χ0v) is 22.4. The topological polar surface area (TPSA) is 93.5 Å². The summed E-state index contributed by atoms with van der Waals surface area (Å²) in [4.78, 5) is 24.8. The first-order chi connectivity index (χ1) is 19.0. The molecule has 1 saturated heterocycles. The summed E-state index contributed by atoms with van der Waals surface area (Å²) in [7, 11) is 0. The summed E-state index contributed by atoms with van der Waals surface area (Å²) in [6, 6.07) is 19.2. The maximum absolute atomic E-state index is 13.6. The standard InChI is InChI=1S/C32H35N3O4/c1-2-39-23-12-9-21(10-13-23)20-34-31(36)27-18-22(35(37)38)11-14-25(27)24-6-5-8-28-26(24)19-30-29-7-3-4-15-32(28,29)16-17-33-30/h5-6,8-14,18,29-30,33H,2-4,7,15-17,19-20H2,1H3,(H,34,36)/t29-,30+,32-/m0/s1. The number of carbonyl (C=O) groups is 1. The maximum atomic E-state index is 13.6. The number of rotatable bonds is 7. The third-order valence-electron chi connectivity index (χ3n) is 9.13. The van der Waals surface area contributed by atoms with Crippen molar-refractivity contribution in [1.29, 1.82) is 0 Å². The van der Waals surface area contributed by atoms with Gasteiger partial charge in [0.2, 0.25) is 0 Å². The second kappa shape index (κ2) is 10.5. The molecule has 1 heterocycles. The summed E-state index contributed by atoms with van der Waals surface area (Å²) in [6.45, 7) is 3.89. The van der Waals surface area contributed by atoms with Gasteiger partial charge < -0.3 is 15.4 Å². The number of piperidine rings is 1. The van der Waals surface area contributed by atoms with E-state index in [4.69, 9.17) is 4.74 Å². The van der Waals surface area contributed by atoms with Gasteiger partial charge in [0.1, 0.15) is 5.75 Å². The van der Waals surface area contributed by atoms with Crippen molar-refractivity contribution in [2.75, 3.05) is 13.2 Å². The molecule has 0 radical (unpaired) electrons. The van der Waals surface area contributed by atoms with Crippen LogP contribution in [0.25, 0.3) is 11.1 Å². The van der Waals surface area contributed by atoms with E-state index in [0.29, 0.717) is 30.7 Å². The molecule has 39 heavy (non-hydrogen) atoms. The van der Waals surface area contributed by atoms with E-state index >= 15 is 0 Å². The van der Waals surface area contributed by atoms with Crippen LogP contribution in [-0.2, 0) is 18.4 Å². The molecule has 0 spiro atoms. The van der Waals surface area contributed by atoms with Gasteiger partial charge in [-0.25, -0.2) is 0 Å². The molecule has 2 aliphatic carbocycles. The first kappa shape index (κ1) is 25.6. The predicted octanol–water partition coefficient (Wildman–Crippen LogP) is 5.94. The van der Waals surface area contributed by atoms with Crippen molar-refractivity contribution in [3.63, 3.8) is 0 Å². The largest absolute Gasteiger partial charge is 0.494 e. The van der Waals surface area contributed by atoms with Gasteiger partial charge in [-0.15, -0.1) is 0 Å². The molecule has 1 saturated carbocycles. The van der Waals surface area contributed by atoms with Crippen molar-refractivity contribution in [1.82, 2.24) is 10.6 Å². The van der Waals surface area contributed by atoms with Crippen LogP contribution in [0.4, 0.5) is 5.69 Å². The summed E-state index contributed by atoms with van der Waals surface area (Å²) >= 11 is 0. The highest BCUT2D eigenvalue weighted by Gasteiger charge is 2.51. The number of ether oxygens (including phenoxy) is 1. The highest BCUT2D eigenvalue weighted by molar-refractivity contribution is 6.02. The van der Waals surface area contributed by atoms with Crippen molar-refractivity contribution in [3.8, 4) is 16.9 Å². The Morgan fingerprint density at radius 3 is 2.74 bits per heavy atom. The van der Waals surface area contributed by atoms with Crippen LogP contribution in [0.3, 0.4) is 0 Å². The van der Waals surface area contributed by atoms with Crippen LogP contribution in [0, 0.1) is 16.0 Å². The average molecular weight is 526 g/mol. The highest BCUT2D eigenvalue weighted by Crippen LogP contribution is 2.55. The van der Waals surface area contributed by atoms with Gasteiger partial charge in [0.25, 0.3) is 11.6 Å². The second-order valence-corrected chi connectivity index (χ2v) is 11.1. The number of nitrogens with zero attached hydrogens (tertiary/aromatic N) is 1. The molecule has 1 amide bonds. The lowest BCUT2D eigenvalue weighted by molar-refractivity contribution is -0.384.